The number of H-pyrrole nitrogens is 1. The molecule has 1 aliphatic heterocycles. The highest BCUT2D eigenvalue weighted by atomic mass is 16.5. The number of morpholine rings is 1. The molecule has 7 nitrogen and oxygen atoms in total. The average Bonchev–Trinajstić information content (AvgIpc) is 3.20. The van der Waals surface area contributed by atoms with Crippen LogP contribution in [0.1, 0.15) is 22.0 Å². The van der Waals surface area contributed by atoms with Crippen LogP contribution < -0.4 is 10.2 Å². The third-order valence-corrected chi connectivity index (χ3v) is 4.79. The van der Waals surface area contributed by atoms with Crippen molar-refractivity contribution in [1.29, 1.82) is 0 Å². The van der Waals surface area contributed by atoms with Crippen molar-refractivity contribution in [2.24, 2.45) is 0 Å². The van der Waals surface area contributed by atoms with Gasteiger partial charge >= 0.3 is 0 Å². The van der Waals surface area contributed by atoms with E-state index < -0.39 is 6.10 Å². The molecule has 0 spiro atoms. The predicted molar refractivity (Wildman–Crippen MR) is 103 cm³/mol. The Kier molecular flexibility index (Phi) is 5.04. The summed E-state index contributed by atoms with van der Waals surface area (Å²) in [6, 6.07) is 13.1. The van der Waals surface area contributed by atoms with Crippen LogP contribution in [0.5, 0.6) is 0 Å². The number of anilines is 1. The Labute approximate surface area is 157 Å². The number of hydrogen-bond donors (Lipinski definition) is 3. The van der Waals surface area contributed by atoms with Crippen LogP contribution in [0, 0.1) is 0 Å². The van der Waals surface area contributed by atoms with Crippen LogP contribution in [0.25, 0.3) is 11.0 Å². The first-order valence-electron chi connectivity index (χ1n) is 9.03. The Bertz CT molecular complexity index is 916. The third kappa shape index (κ3) is 3.94. The largest absolute Gasteiger partial charge is 0.387 e. The second-order valence-electron chi connectivity index (χ2n) is 6.55. The van der Waals surface area contributed by atoms with E-state index in [2.05, 4.69) is 20.2 Å². The Morgan fingerprint density at radius 3 is 2.78 bits per heavy atom. The van der Waals surface area contributed by atoms with Gasteiger partial charge in [-0.05, 0) is 35.9 Å². The average molecular weight is 366 g/mol. The van der Waals surface area contributed by atoms with E-state index in [1.54, 1.807) is 24.5 Å². The summed E-state index contributed by atoms with van der Waals surface area (Å²) in [5, 5.41) is 13.2. The number of hydrogen-bond acceptors (Lipinski definition) is 5. The van der Waals surface area contributed by atoms with Crippen LogP contribution in [-0.2, 0) is 4.74 Å². The van der Waals surface area contributed by atoms with Gasteiger partial charge in [0.15, 0.2) is 0 Å². The predicted octanol–water partition coefficient (Wildman–Crippen LogP) is 1.86. The molecule has 3 aromatic rings. The molecule has 1 atom stereocenters. The summed E-state index contributed by atoms with van der Waals surface area (Å²) in [5.41, 5.74) is 4.04. The maximum atomic E-state index is 12.3. The molecule has 1 fully saturated rings. The smallest absolute Gasteiger partial charge is 0.251 e. The summed E-state index contributed by atoms with van der Waals surface area (Å²) in [5.74, 6) is -0.226. The minimum Gasteiger partial charge on any atom is -0.387 e. The molecule has 1 saturated heterocycles. The molecule has 0 aliphatic carbocycles. The van der Waals surface area contributed by atoms with Gasteiger partial charge in [-0.3, -0.25) is 4.79 Å². The van der Waals surface area contributed by atoms with Crippen LogP contribution in [0.3, 0.4) is 0 Å². The molecular formula is C20H22N4O3. The lowest BCUT2D eigenvalue weighted by atomic mass is 10.1. The second kappa shape index (κ2) is 7.77. The summed E-state index contributed by atoms with van der Waals surface area (Å²) < 4.78 is 5.37. The molecule has 0 radical (unpaired) electrons. The van der Waals surface area contributed by atoms with Crippen molar-refractivity contribution in [2.75, 3.05) is 37.7 Å². The van der Waals surface area contributed by atoms with Crippen LogP contribution >= 0.6 is 0 Å². The molecule has 1 unspecified atom stereocenters. The third-order valence-electron chi connectivity index (χ3n) is 4.79. The van der Waals surface area contributed by atoms with Crippen molar-refractivity contribution in [3.8, 4) is 0 Å². The molecule has 0 bridgehead atoms. The second-order valence-corrected chi connectivity index (χ2v) is 6.55. The molecule has 1 amide bonds. The Morgan fingerprint density at radius 1 is 1.22 bits per heavy atom. The van der Waals surface area contributed by atoms with Gasteiger partial charge < -0.3 is 25.0 Å². The summed E-state index contributed by atoms with van der Waals surface area (Å²) in [6.07, 6.45) is 0.833. The maximum Gasteiger partial charge on any atom is 0.251 e. The summed E-state index contributed by atoms with van der Waals surface area (Å²) in [6.45, 7) is 3.37. The number of nitrogens with one attached hydrogen (secondary N) is 2. The number of aromatic nitrogens is 2. The number of nitrogens with zero attached hydrogens (tertiary/aromatic N) is 2. The number of carbonyl (C=O) groups excluding carboxylic acids is 1. The number of rotatable bonds is 5. The fourth-order valence-electron chi connectivity index (χ4n) is 3.21. The molecule has 140 valence electrons. The van der Waals surface area contributed by atoms with Gasteiger partial charge in [-0.25, -0.2) is 4.98 Å². The van der Waals surface area contributed by atoms with E-state index in [0.717, 1.165) is 48.6 Å². The van der Waals surface area contributed by atoms with Crippen LogP contribution in [-0.4, -0.2) is 53.8 Å². The molecule has 4 rings (SSSR count). The highest BCUT2D eigenvalue weighted by molar-refractivity contribution is 5.97. The first kappa shape index (κ1) is 17.5. The van der Waals surface area contributed by atoms with Crippen molar-refractivity contribution in [1.82, 2.24) is 15.3 Å². The molecule has 7 heteroatoms. The van der Waals surface area contributed by atoms with Crippen LogP contribution in [0.2, 0.25) is 0 Å². The molecule has 2 heterocycles. The van der Waals surface area contributed by atoms with Gasteiger partial charge in [0.05, 0.1) is 36.7 Å². The van der Waals surface area contributed by atoms with Gasteiger partial charge in [-0.15, -0.1) is 0 Å². The molecule has 0 saturated carbocycles. The van der Waals surface area contributed by atoms with Crippen molar-refractivity contribution in [3.63, 3.8) is 0 Å². The highest BCUT2D eigenvalue weighted by Crippen LogP contribution is 2.20. The fourth-order valence-corrected chi connectivity index (χ4v) is 3.21. The number of aliphatic hydroxyl groups is 1. The molecule has 2 aromatic carbocycles. The summed E-state index contributed by atoms with van der Waals surface area (Å²) in [4.78, 5) is 21.7. The molecule has 3 N–H and O–H groups in total. The summed E-state index contributed by atoms with van der Waals surface area (Å²) >= 11 is 0. The summed E-state index contributed by atoms with van der Waals surface area (Å²) in [7, 11) is 0. The van der Waals surface area contributed by atoms with Gasteiger partial charge in [0.25, 0.3) is 5.91 Å². The van der Waals surface area contributed by atoms with Crippen LogP contribution in [0.4, 0.5) is 5.69 Å². The van der Waals surface area contributed by atoms with E-state index >= 15 is 0 Å². The molecular weight excluding hydrogens is 344 g/mol. The van der Waals surface area contributed by atoms with Crippen LogP contribution in [0.15, 0.2) is 48.8 Å². The van der Waals surface area contributed by atoms with Gasteiger partial charge in [-0.1, -0.05) is 12.1 Å². The van der Waals surface area contributed by atoms with Crippen molar-refractivity contribution in [3.05, 3.63) is 59.9 Å². The monoisotopic (exact) mass is 366 g/mol. The number of imidazole rings is 1. The first-order valence-corrected chi connectivity index (χ1v) is 9.03. The van der Waals surface area contributed by atoms with E-state index in [4.69, 9.17) is 4.74 Å². The lowest BCUT2D eigenvalue weighted by Crippen LogP contribution is -2.36. The van der Waals surface area contributed by atoms with E-state index in [0.29, 0.717) is 5.56 Å². The normalized spacial score (nSPS) is 15.7. The molecule has 1 aromatic heterocycles. The Hall–Kier alpha value is -2.90. The fraction of sp³-hybridized carbons (Fsp3) is 0.300. The minimum atomic E-state index is -0.761. The molecule has 1 aliphatic rings. The first-order chi connectivity index (χ1) is 13.2. The zero-order valence-corrected chi connectivity index (χ0v) is 14.9. The zero-order chi connectivity index (χ0) is 18.6. The SMILES string of the molecule is O=C(NCC(O)c1ccc(N2CCOCC2)cc1)c1ccc2nc[nH]c2c1. The highest BCUT2D eigenvalue weighted by Gasteiger charge is 2.14. The van der Waals surface area contributed by atoms with E-state index in [9.17, 15) is 9.90 Å². The van der Waals surface area contributed by atoms with Gasteiger partial charge in [-0.2, -0.15) is 0 Å². The topological polar surface area (TPSA) is 90.5 Å². The Balaban J connectivity index is 1.35. The van der Waals surface area contributed by atoms with E-state index in [-0.39, 0.29) is 12.5 Å². The number of amides is 1. The van der Waals surface area contributed by atoms with Gasteiger partial charge in [0, 0.05) is 30.9 Å². The number of aliphatic hydroxyl groups excluding tert-OH is 1. The number of carbonyl (C=O) groups is 1. The minimum absolute atomic E-state index is 0.150. The van der Waals surface area contributed by atoms with Crippen molar-refractivity contribution in [2.45, 2.75) is 6.10 Å². The number of fused-ring (bicyclic) bond motifs is 1. The van der Waals surface area contributed by atoms with Crippen molar-refractivity contribution < 1.29 is 14.6 Å². The lowest BCUT2D eigenvalue weighted by molar-refractivity contribution is 0.0916. The van der Waals surface area contributed by atoms with Gasteiger partial charge in [0.2, 0.25) is 0 Å². The number of benzene rings is 2. The quantitative estimate of drug-likeness (QED) is 0.641. The molecule has 27 heavy (non-hydrogen) atoms. The van der Waals surface area contributed by atoms with E-state index in [1.807, 2.05) is 24.3 Å². The number of aromatic amines is 1. The zero-order valence-electron chi connectivity index (χ0n) is 14.9. The van der Waals surface area contributed by atoms with E-state index in [1.165, 1.54) is 0 Å². The van der Waals surface area contributed by atoms with Gasteiger partial charge in [0.1, 0.15) is 0 Å². The maximum absolute atomic E-state index is 12.3. The van der Waals surface area contributed by atoms with Crippen molar-refractivity contribution >= 4 is 22.6 Å². The Morgan fingerprint density at radius 2 is 2.00 bits per heavy atom. The number of ether oxygens (including phenoxy) is 1. The standard InChI is InChI=1S/C20H22N4O3/c25-19(14-1-4-16(5-2-14)24-7-9-27-10-8-24)12-21-20(26)15-3-6-17-18(11-15)23-13-22-17/h1-6,11,13,19,25H,7-10,12H2,(H,21,26)(H,22,23). The lowest BCUT2D eigenvalue weighted by Gasteiger charge is -2.29.